The third kappa shape index (κ3) is 2.46. The highest BCUT2D eigenvalue weighted by Gasteiger charge is 2.39. The molecule has 1 aliphatic heterocycles. The van der Waals surface area contributed by atoms with Crippen LogP contribution < -0.4 is 4.90 Å². The minimum absolute atomic E-state index is 0.0742. The number of fused-ring (bicyclic) bond motifs is 1. The van der Waals surface area contributed by atoms with Crippen LogP contribution in [0.25, 0.3) is 0 Å². The van der Waals surface area contributed by atoms with Gasteiger partial charge in [0, 0.05) is 11.9 Å². The molecule has 4 heteroatoms. The normalized spacial score (nSPS) is 15.1. The van der Waals surface area contributed by atoms with Crippen LogP contribution in [0.2, 0.25) is 0 Å². The molecular formula is C15H18BrNO2. The summed E-state index contributed by atoms with van der Waals surface area (Å²) in [5, 5.41) is 0.776. The van der Waals surface area contributed by atoms with E-state index in [2.05, 4.69) is 29.8 Å². The van der Waals surface area contributed by atoms with Gasteiger partial charge in [0.05, 0.1) is 11.3 Å². The molecule has 102 valence electrons. The van der Waals surface area contributed by atoms with Gasteiger partial charge in [-0.2, -0.15) is 0 Å². The number of hydrogen-bond acceptors (Lipinski definition) is 2. The average Bonchev–Trinajstić information content (AvgIpc) is 2.54. The van der Waals surface area contributed by atoms with E-state index in [1.54, 1.807) is 4.90 Å². The Balaban J connectivity index is 2.50. The number of benzene rings is 1. The molecule has 0 unspecified atom stereocenters. The van der Waals surface area contributed by atoms with Crippen LogP contribution in [0.3, 0.4) is 0 Å². The Kier molecular flexibility index (Phi) is 3.56. The molecule has 0 N–H and O–H groups in total. The molecule has 1 amide bonds. The second-order valence-electron chi connectivity index (χ2n) is 5.99. The van der Waals surface area contributed by atoms with Gasteiger partial charge in [-0.15, -0.1) is 0 Å². The summed E-state index contributed by atoms with van der Waals surface area (Å²) in [6.45, 7) is 8.55. The van der Waals surface area contributed by atoms with Crippen LogP contribution in [0.4, 0.5) is 5.69 Å². The number of carbonyl (C=O) groups is 2. The molecule has 0 fully saturated rings. The highest BCUT2D eigenvalue weighted by Crippen LogP contribution is 2.35. The summed E-state index contributed by atoms with van der Waals surface area (Å²) in [7, 11) is 0. The zero-order valence-electron chi connectivity index (χ0n) is 11.7. The summed E-state index contributed by atoms with van der Waals surface area (Å²) in [4.78, 5) is 25.9. The van der Waals surface area contributed by atoms with E-state index in [9.17, 15) is 9.59 Å². The Morgan fingerprint density at radius 2 is 1.84 bits per heavy atom. The third-order valence-electron chi connectivity index (χ3n) is 3.36. The average molecular weight is 324 g/mol. The fraction of sp³-hybridized carbons (Fsp3) is 0.467. The lowest BCUT2D eigenvalue weighted by molar-refractivity contribution is -0.114. The Morgan fingerprint density at radius 3 is 2.42 bits per heavy atom. The zero-order chi connectivity index (χ0) is 14.4. The van der Waals surface area contributed by atoms with Gasteiger partial charge in [0.15, 0.2) is 0 Å². The number of nitrogens with zero attached hydrogens (tertiary/aromatic N) is 1. The van der Waals surface area contributed by atoms with E-state index in [0.717, 1.165) is 22.1 Å². The second kappa shape index (κ2) is 4.75. The van der Waals surface area contributed by atoms with Gasteiger partial charge in [-0.25, -0.2) is 0 Å². The first-order valence-corrected chi connectivity index (χ1v) is 7.42. The molecule has 0 aliphatic carbocycles. The maximum atomic E-state index is 12.2. The predicted molar refractivity (Wildman–Crippen MR) is 80.2 cm³/mol. The zero-order valence-corrected chi connectivity index (χ0v) is 13.3. The van der Waals surface area contributed by atoms with Crippen molar-refractivity contribution in [2.75, 3.05) is 16.8 Å². The van der Waals surface area contributed by atoms with Gasteiger partial charge in [0.25, 0.3) is 11.7 Å². The number of Topliss-reactive ketones (excluding diaryl/α,β-unsaturated/α-hetero) is 1. The van der Waals surface area contributed by atoms with Crippen molar-refractivity contribution >= 4 is 33.3 Å². The molecule has 1 heterocycles. The Hall–Kier alpha value is -1.16. The van der Waals surface area contributed by atoms with Crippen LogP contribution in [-0.4, -0.2) is 23.6 Å². The predicted octanol–water partition coefficient (Wildman–Crippen LogP) is 3.25. The summed E-state index contributed by atoms with van der Waals surface area (Å²) >= 11 is 3.46. The minimum atomic E-state index is -0.405. The number of alkyl halides is 1. The van der Waals surface area contributed by atoms with Crippen molar-refractivity contribution in [1.82, 2.24) is 0 Å². The number of ketones is 1. The van der Waals surface area contributed by atoms with Crippen molar-refractivity contribution in [2.24, 2.45) is 5.41 Å². The van der Waals surface area contributed by atoms with Crippen molar-refractivity contribution in [1.29, 1.82) is 0 Å². The number of amides is 1. The lowest BCUT2D eigenvalue weighted by atomic mass is 9.95. The largest absolute Gasteiger partial charge is 0.304 e. The molecule has 0 aromatic heterocycles. The van der Waals surface area contributed by atoms with Crippen LogP contribution >= 0.6 is 15.9 Å². The molecule has 3 nitrogen and oxygen atoms in total. The lowest BCUT2D eigenvalue weighted by Crippen LogP contribution is -2.38. The first-order chi connectivity index (χ1) is 8.76. The Morgan fingerprint density at radius 1 is 1.21 bits per heavy atom. The maximum absolute atomic E-state index is 12.2. The first kappa shape index (κ1) is 14.3. The molecule has 1 aliphatic rings. The van der Waals surface area contributed by atoms with Crippen molar-refractivity contribution in [3.63, 3.8) is 0 Å². The summed E-state index contributed by atoms with van der Waals surface area (Å²) in [5.74, 6) is -0.782. The standard InChI is InChI=1S/C15H18BrNO2/c1-9-5-10(2)12-11(6-9)17(14(19)13(12)18)8-15(3,4)7-16/h5-6H,7-8H2,1-4H3. The molecule has 0 saturated carbocycles. The van der Waals surface area contributed by atoms with Gasteiger partial charge in [0.1, 0.15) is 0 Å². The molecule has 0 radical (unpaired) electrons. The fourth-order valence-electron chi connectivity index (χ4n) is 2.42. The topological polar surface area (TPSA) is 37.4 Å². The first-order valence-electron chi connectivity index (χ1n) is 6.30. The summed E-state index contributed by atoms with van der Waals surface area (Å²) in [6.07, 6.45) is 0. The maximum Gasteiger partial charge on any atom is 0.299 e. The van der Waals surface area contributed by atoms with Gasteiger partial charge in [-0.3, -0.25) is 9.59 Å². The van der Waals surface area contributed by atoms with Gasteiger partial charge in [0.2, 0.25) is 0 Å². The highest BCUT2D eigenvalue weighted by molar-refractivity contribution is 9.09. The number of carbonyl (C=O) groups excluding carboxylic acids is 2. The van der Waals surface area contributed by atoms with Crippen LogP contribution in [0.1, 0.15) is 35.3 Å². The minimum Gasteiger partial charge on any atom is -0.304 e. The smallest absolute Gasteiger partial charge is 0.299 e. The van der Waals surface area contributed by atoms with Gasteiger partial charge >= 0.3 is 0 Å². The SMILES string of the molecule is Cc1cc(C)c2c(c1)N(CC(C)(C)CBr)C(=O)C2=O. The van der Waals surface area contributed by atoms with E-state index >= 15 is 0 Å². The van der Waals surface area contributed by atoms with Gasteiger partial charge < -0.3 is 4.90 Å². The molecule has 0 saturated heterocycles. The summed E-state index contributed by atoms with van der Waals surface area (Å²) in [6, 6.07) is 3.87. The fourth-order valence-corrected chi connectivity index (χ4v) is 2.60. The molecule has 0 atom stereocenters. The highest BCUT2D eigenvalue weighted by atomic mass is 79.9. The van der Waals surface area contributed by atoms with Gasteiger partial charge in [-0.05, 0) is 36.5 Å². The Labute approximate surface area is 122 Å². The molecular weight excluding hydrogens is 306 g/mol. The van der Waals surface area contributed by atoms with Crippen molar-refractivity contribution in [2.45, 2.75) is 27.7 Å². The van der Waals surface area contributed by atoms with Crippen LogP contribution in [0, 0.1) is 19.3 Å². The summed E-state index contributed by atoms with van der Waals surface area (Å²) in [5.41, 5.74) is 3.21. The number of rotatable bonds is 3. The van der Waals surface area contributed by atoms with E-state index in [4.69, 9.17) is 0 Å². The third-order valence-corrected chi connectivity index (χ3v) is 4.88. The molecule has 0 spiro atoms. The van der Waals surface area contributed by atoms with Crippen LogP contribution in [0.5, 0.6) is 0 Å². The van der Waals surface area contributed by atoms with Gasteiger partial charge in [-0.1, -0.05) is 35.8 Å². The molecule has 0 bridgehead atoms. The molecule has 1 aromatic rings. The Bertz CT molecular complexity index is 564. The number of aryl methyl sites for hydroxylation is 2. The van der Waals surface area contributed by atoms with E-state index in [-0.39, 0.29) is 11.2 Å². The quantitative estimate of drug-likeness (QED) is 0.632. The van der Waals surface area contributed by atoms with Crippen LogP contribution in [-0.2, 0) is 4.79 Å². The summed E-state index contributed by atoms with van der Waals surface area (Å²) < 4.78 is 0. The molecule has 2 rings (SSSR count). The van der Waals surface area contributed by atoms with E-state index < -0.39 is 5.91 Å². The monoisotopic (exact) mass is 323 g/mol. The van der Waals surface area contributed by atoms with Crippen LogP contribution in [0.15, 0.2) is 12.1 Å². The van der Waals surface area contributed by atoms with E-state index in [0.29, 0.717) is 12.1 Å². The van der Waals surface area contributed by atoms with Crippen molar-refractivity contribution in [3.05, 3.63) is 28.8 Å². The molecule has 1 aromatic carbocycles. The van der Waals surface area contributed by atoms with Crippen molar-refractivity contribution in [3.8, 4) is 0 Å². The number of hydrogen-bond donors (Lipinski definition) is 0. The van der Waals surface area contributed by atoms with E-state index in [1.807, 2.05) is 26.0 Å². The lowest BCUT2D eigenvalue weighted by Gasteiger charge is -2.28. The van der Waals surface area contributed by atoms with Crippen molar-refractivity contribution < 1.29 is 9.59 Å². The second-order valence-corrected chi connectivity index (χ2v) is 6.55. The number of anilines is 1. The number of halogens is 1. The van der Waals surface area contributed by atoms with E-state index in [1.165, 1.54) is 0 Å². The molecule has 19 heavy (non-hydrogen) atoms.